The van der Waals surface area contributed by atoms with Crippen molar-refractivity contribution >= 4 is 102 Å². The predicted molar refractivity (Wildman–Crippen MR) is 473 cm³/mol. The number of carbonyl (C=O) groups is 6. The molecule has 40 heteroatoms. The molecule has 684 valence electrons. The summed E-state index contributed by atoms with van der Waals surface area (Å²) >= 11 is 3.34. The Morgan fingerprint density at radius 1 is 0.414 bits per heavy atom. The second-order valence-electron chi connectivity index (χ2n) is 25.8. The predicted octanol–water partition coefficient (Wildman–Crippen LogP) is 10.1. The summed E-state index contributed by atoms with van der Waals surface area (Å²) in [5, 5.41) is 73.5. The molecule has 0 spiro atoms. The van der Waals surface area contributed by atoms with Gasteiger partial charge < -0.3 is 75.7 Å². The molecule has 128 heavy (non-hydrogen) atoms. The summed E-state index contributed by atoms with van der Waals surface area (Å²) in [6.07, 6.45) is 10.7. The Labute approximate surface area is 843 Å². The maximum Gasteiger partial charge on any atom is 1.00 e. The number of carboxylic acid groups (broad SMARTS) is 1. The van der Waals surface area contributed by atoms with E-state index in [1.165, 1.54) is 135 Å². The Hall–Kier alpha value is -8.74. The zero-order valence-electron chi connectivity index (χ0n) is 72.0. The SMILES string of the molecule is C=CS(=O)(=O)Cl.C=CS(=O)(=O)OCCCCCCOc1ccc(C(=O)Oc2ccc(OC(=O)c3ccc(OCCCCCCOS(=O)(=O)C=C)cc3)c(C)c2)cc1.Cc1cc(O)ccc1O.Cc1cc(OC(=O)c2ccc(O)cc2)ccc1OC(=O)c1ccc(O)cc1.Cc1ccc(S(=O)(=O)O)cc1.O=C(O)c1ccc(O)cc1.O=CO[O-].OCCCCCCBr.[H-].[K+].[K+]. The van der Waals surface area contributed by atoms with Crippen molar-refractivity contribution in [3.8, 4) is 63.2 Å². The van der Waals surface area contributed by atoms with Gasteiger partial charge in [-0.05, 0) is 284 Å². The van der Waals surface area contributed by atoms with E-state index >= 15 is 0 Å². The zero-order valence-corrected chi connectivity index (χ0v) is 82.8. The van der Waals surface area contributed by atoms with Crippen LogP contribution in [0.3, 0.4) is 0 Å². The van der Waals surface area contributed by atoms with Gasteiger partial charge in [0.2, 0.25) is 0 Å². The summed E-state index contributed by atoms with van der Waals surface area (Å²) in [7, 11) is -10.1. The molecular formula is C88H100BrClK2O32S4. The standard InChI is InChI=1S/C37H44O12S2.C21H16O6.C7H8O3S.C7H6O3.C7H8O2.C6H13BrO.C2H3ClO2S.CH2O3.2K.H/c1-4-50(40,41)46-26-12-8-6-10-24-44-32-18-14-30(15-19-32)36(38)48-34-22-23-35(29(3)28-34)49-37(39)31-16-20-33(21-17-31)45-25-11-7-9-13-27-47-51(42,43)5-2;1-13-12-18(26-20(24)14-2-6-16(22)7-3-14)10-11-19(13)27-21(25)15-4-8-17(23)9-5-15;1-6-2-4-7(5-3-6)11(8,9)10;8-6-3-1-5(2-4-6)7(9)10;1-5-4-6(8)2-3-7(5)9;7-5-3-1-2-4-6-8;1-2-6(3,4)5;2-1-4-3;;;/h4-5,14-23,28H,1-2,6-13,24-27H2,3H3;2-12,22-23H,1H3;2-5H,1H3,(H,8,9,10);1-4,8H,(H,9,10);2-4,8-9H,1H3;8H,1-6H2;2H,1H2;1,3H;;;/q;;;;;;;;2*+1;-1/p-1. The first-order chi connectivity index (χ1) is 59.6. The number of phenols is 5. The van der Waals surface area contributed by atoms with Crippen LogP contribution in [0.4, 0.5) is 0 Å². The molecular weight excluding hydrogens is 1890 g/mol. The van der Waals surface area contributed by atoms with Gasteiger partial charge in [0.1, 0.15) is 63.2 Å². The van der Waals surface area contributed by atoms with Gasteiger partial charge in [-0.3, -0.25) is 17.7 Å². The maximum atomic E-state index is 12.8. The number of benzene rings is 9. The average Bonchev–Trinajstić information content (AvgIpc) is 0.841. The van der Waals surface area contributed by atoms with E-state index in [1.807, 2.05) is 6.92 Å². The van der Waals surface area contributed by atoms with Gasteiger partial charge >= 0.3 is 133 Å². The van der Waals surface area contributed by atoms with Gasteiger partial charge in [0.25, 0.3) is 45.9 Å². The van der Waals surface area contributed by atoms with Crippen LogP contribution in [-0.4, -0.2) is 149 Å². The molecule has 9 rings (SSSR count). The van der Waals surface area contributed by atoms with Gasteiger partial charge in [0.15, 0.2) is 0 Å². The first-order valence-corrected chi connectivity index (χ1v) is 45.7. The topological polar surface area (TPSA) is 507 Å². The van der Waals surface area contributed by atoms with Crippen molar-refractivity contribution in [1.82, 2.24) is 0 Å². The monoisotopic (exact) mass is 1990 g/mol. The molecule has 0 saturated heterocycles. The summed E-state index contributed by atoms with van der Waals surface area (Å²) in [4.78, 5) is 71.1. The van der Waals surface area contributed by atoms with Crippen LogP contribution >= 0.6 is 26.6 Å². The number of carboxylic acids is 1. The summed E-state index contributed by atoms with van der Waals surface area (Å²) in [5.74, 6) is -0.177. The molecule has 0 bridgehead atoms. The van der Waals surface area contributed by atoms with Crippen molar-refractivity contribution in [1.29, 1.82) is 0 Å². The number of aromatic carboxylic acids is 1. The minimum atomic E-state index is -4.02. The van der Waals surface area contributed by atoms with Crippen molar-refractivity contribution in [2.75, 3.05) is 38.4 Å². The van der Waals surface area contributed by atoms with Crippen LogP contribution in [0, 0.1) is 27.7 Å². The number of rotatable bonds is 37. The van der Waals surface area contributed by atoms with Gasteiger partial charge in [0, 0.05) is 28.0 Å². The van der Waals surface area contributed by atoms with E-state index in [-0.39, 0.29) is 163 Å². The summed E-state index contributed by atoms with van der Waals surface area (Å²) in [6.45, 7) is 17.7. The van der Waals surface area contributed by atoms with E-state index < -0.39 is 69.3 Å². The first-order valence-electron chi connectivity index (χ1n) is 37.8. The second-order valence-corrected chi connectivity index (χ2v) is 33.7. The third kappa shape index (κ3) is 54.0. The fourth-order valence-electron chi connectivity index (χ4n) is 9.27. The van der Waals surface area contributed by atoms with Gasteiger partial charge in [0.05, 0.1) is 70.0 Å². The van der Waals surface area contributed by atoms with Gasteiger partial charge in [-0.2, -0.15) is 25.3 Å². The summed E-state index contributed by atoms with van der Waals surface area (Å²) < 4.78 is 136. The largest absolute Gasteiger partial charge is 1.00 e. The van der Waals surface area contributed by atoms with E-state index in [1.54, 1.807) is 106 Å². The van der Waals surface area contributed by atoms with Gasteiger partial charge in [-0.25, -0.2) is 32.4 Å². The van der Waals surface area contributed by atoms with Crippen LogP contribution in [0.1, 0.15) is 153 Å². The van der Waals surface area contributed by atoms with Gasteiger partial charge in [-0.15, -0.1) is 0 Å². The van der Waals surface area contributed by atoms with E-state index in [0.29, 0.717) is 112 Å². The smallest absolute Gasteiger partial charge is 1.00 e. The Morgan fingerprint density at radius 2 is 0.727 bits per heavy atom. The van der Waals surface area contributed by atoms with Crippen molar-refractivity contribution in [3.05, 3.63) is 286 Å². The molecule has 9 aromatic rings. The molecule has 0 radical (unpaired) electrons. The Kier molecular flexibility index (Phi) is 61.3. The molecule has 32 nitrogen and oxygen atoms in total. The zero-order chi connectivity index (χ0) is 94.3. The fraction of sp³-hybridized carbons (Fsp3) is 0.250. The Bertz CT molecular complexity index is 5360. The fourth-order valence-corrected chi connectivity index (χ4v) is 11.0. The Balaban J connectivity index is 0. The molecule has 9 aromatic carbocycles. The second kappa shape index (κ2) is 65.8. The minimum Gasteiger partial charge on any atom is -1.00 e. The number of phenolic OH excluding ortho intramolecular Hbond substituents is 5. The van der Waals surface area contributed by atoms with Crippen LogP contribution in [0.2, 0.25) is 0 Å². The Morgan fingerprint density at radius 3 is 1.02 bits per heavy atom. The quantitative estimate of drug-likeness (QED) is 0.00146. The summed E-state index contributed by atoms with van der Waals surface area (Å²) in [6, 6.07) is 49.7. The van der Waals surface area contributed by atoms with Crippen LogP contribution in [0.15, 0.2) is 241 Å². The number of aliphatic hydroxyl groups is 1. The van der Waals surface area contributed by atoms with E-state index in [9.17, 15) is 67.9 Å². The number of alkyl halides is 1. The molecule has 0 aromatic heterocycles. The minimum absolute atomic E-state index is 0. The molecule has 0 amide bonds. The molecule has 0 fully saturated rings. The third-order valence-corrected chi connectivity index (χ3v) is 19.9. The van der Waals surface area contributed by atoms with Crippen molar-refractivity contribution in [3.63, 3.8) is 0 Å². The van der Waals surface area contributed by atoms with E-state index in [4.69, 9.17) is 76.9 Å². The number of hydrogen-bond donors (Lipinski definition) is 8. The molecule has 0 aliphatic heterocycles. The number of aryl methyl sites for hydroxylation is 4. The van der Waals surface area contributed by atoms with Crippen LogP contribution < -0.4 is 136 Å². The number of aliphatic hydroxyl groups excluding tert-OH is 1. The molecule has 0 heterocycles. The van der Waals surface area contributed by atoms with Crippen LogP contribution in [-0.2, 0) is 57.5 Å². The molecule has 0 aliphatic rings. The normalized spacial score (nSPS) is 10.4. The third-order valence-electron chi connectivity index (χ3n) is 15.9. The number of ether oxygens (including phenoxy) is 6. The molecule has 0 saturated carbocycles. The number of esters is 4. The van der Waals surface area contributed by atoms with Crippen molar-refractivity contribution < 1.29 is 254 Å². The molecule has 8 N–H and O–H groups in total. The molecule has 0 unspecified atom stereocenters. The van der Waals surface area contributed by atoms with E-state index in [0.717, 1.165) is 66.7 Å². The van der Waals surface area contributed by atoms with Crippen molar-refractivity contribution in [2.24, 2.45) is 0 Å². The van der Waals surface area contributed by atoms with Crippen LogP contribution in [0.5, 0.6) is 63.2 Å². The van der Waals surface area contributed by atoms with Crippen molar-refractivity contribution in [2.45, 2.75) is 110 Å². The molecule has 0 aliphatic carbocycles. The number of aromatic hydroxyl groups is 5. The van der Waals surface area contributed by atoms with E-state index in [2.05, 4.69) is 51.2 Å². The van der Waals surface area contributed by atoms with Gasteiger partial charge in [-0.1, -0.05) is 79.0 Å². The molecule has 0 atom stereocenters. The maximum absolute atomic E-state index is 12.8. The first kappa shape index (κ1) is 119. The number of unbranched alkanes of at least 4 members (excludes halogenated alkanes) is 9. The number of carbonyl (C=O) groups excluding carboxylic acids is 5. The average molecular weight is 1990 g/mol. The van der Waals surface area contributed by atoms with Crippen LogP contribution in [0.25, 0.3) is 0 Å². The number of halogens is 2. The summed E-state index contributed by atoms with van der Waals surface area (Å²) in [5.41, 5.74) is 4.30. The number of hydrogen-bond acceptors (Lipinski definition) is 30.